The zero-order valence-corrected chi connectivity index (χ0v) is 16.1. The standard InChI is InChI=1S/C25H20ClNO/c26-21-14-12-19(13-15-21)25(28)16-20(11-10-18-6-2-1-3-7-18)23-17-27-24-9-5-4-8-22(23)24/h1-15,17,20,27H,16H2/b11-10+. The summed E-state index contributed by atoms with van der Waals surface area (Å²) in [6, 6.07) is 25.4. The maximum Gasteiger partial charge on any atom is 0.163 e. The molecular weight excluding hydrogens is 366 g/mol. The zero-order valence-electron chi connectivity index (χ0n) is 15.3. The number of fused-ring (bicyclic) bond motifs is 1. The average Bonchev–Trinajstić information content (AvgIpc) is 3.16. The molecule has 0 radical (unpaired) electrons. The Morgan fingerprint density at radius 3 is 2.43 bits per heavy atom. The molecule has 2 nitrogen and oxygen atoms in total. The predicted molar refractivity (Wildman–Crippen MR) is 117 cm³/mol. The number of Topliss-reactive ketones (excluding diaryl/α,β-unsaturated/α-hetero) is 1. The molecule has 0 fully saturated rings. The van der Waals surface area contributed by atoms with Crippen molar-refractivity contribution in [3.05, 3.63) is 113 Å². The third-order valence-electron chi connectivity index (χ3n) is 4.91. The van der Waals surface area contributed by atoms with Gasteiger partial charge < -0.3 is 4.98 Å². The fourth-order valence-electron chi connectivity index (χ4n) is 3.43. The van der Waals surface area contributed by atoms with Crippen LogP contribution >= 0.6 is 11.6 Å². The topological polar surface area (TPSA) is 32.9 Å². The summed E-state index contributed by atoms with van der Waals surface area (Å²) in [5, 5.41) is 1.78. The molecule has 0 amide bonds. The summed E-state index contributed by atoms with van der Waals surface area (Å²) in [5.74, 6) is 0.0733. The van der Waals surface area contributed by atoms with Gasteiger partial charge in [-0.2, -0.15) is 0 Å². The summed E-state index contributed by atoms with van der Waals surface area (Å²) in [4.78, 5) is 16.2. The van der Waals surface area contributed by atoms with E-state index in [1.165, 1.54) is 0 Å². The van der Waals surface area contributed by atoms with Crippen molar-refractivity contribution < 1.29 is 4.79 Å². The lowest BCUT2D eigenvalue weighted by Crippen LogP contribution is -2.06. The minimum Gasteiger partial charge on any atom is -0.361 e. The minimum absolute atomic E-state index is 0.0282. The maximum atomic E-state index is 12.9. The van der Waals surface area contributed by atoms with Gasteiger partial charge in [0.25, 0.3) is 0 Å². The van der Waals surface area contributed by atoms with Crippen LogP contribution < -0.4 is 0 Å². The number of ketones is 1. The van der Waals surface area contributed by atoms with E-state index in [1.54, 1.807) is 24.3 Å². The number of rotatable bonds is 6. The number of nitrogens with one attached hydrogen (secondary N) is 1. The van der Waals surface area contributed by atoms with Gasteiger partial charge in [-0.15, -0.1) is 0 Å². The van der Waals surface area contributed by atoms with E-state index in [9.17, 15) is 4.79 Å². The fraction of sp³-hybridized carbons (Fsp3) is 0.0800. The van der Waals surface area contributed by atoms with Gasteiger partial charge in [-0.3, -0.25) is 4.79 Å². The van der Waals surface area contributed by atoms with Crippen LogP contribution in [-0.4, -0.2) is 10.8 Å². The summed E-state index contributed by atoms with van der Waals surface area (Å²) in [6.45, 7) is 0. The second-order valence-electron chi connectivity index (χ2n) is 6.80. The lowest BCUT2D eigenvalue weighted by atomic mass is 9.90. The minimum atomic E-state index is -0.0282. The second-order valence-corrected chi connectivity index (χ2v) is 7.24. The highest BCUT2D eigenvalue weighted by atomic mass is 35.5. The molecule has 3 aromatic carbocycles. The lowest BCUT2D eigenvalue weighted by molar-refractivity contribution is 0.0978. The van der Waals surface area contributed by atoms with Crippen molar-refractivity contribution in [1.29, 1.82) is 0 Å². The summed E-state index contributed by atoms with van der Waals surface area (Å²) in [7, 11) is 0. The van der Waals surface area contributed by atoms with E-state index in [0.717, 1.165) is 22.0 Å². The molecule has 0 saturated heterocycles. The smallest absolute Gasteiger partial charge is 0.163 e. The number of halogens is 1. The van der Waals surface area contributed by atoms with Crippen LogP contribution in [0.4, 0.5) is 0 Å². The Kier molecular flexibility index (Phi) is 5.41. The number of aromatic amines is 1. The van der Waals surface area contributed by atoms with Crippen LogP contribution in [0.2, 0.25) is 5.02 Å². The van der Waals surface area contributed by atoms with Gasteiger partial charge in [-0.1, -0.05) is 72.3 Å². The third kappa shape index (κ3) is 4.08. The summed E-state index contributed by atoms with van der Waals surface area (Å²) in [6.07, 6.45) is 6.62. The van der Waals surface area contributed by atoms with Gasteiger partial charge in [0.05, 0.1) is 0 Å². The Labute approximate surface area is 169 Å². The highest BCUT2D eigenvalue weighted by Gasteiger charge is 2.18. The number of para-hydroxylation sites is 1. The number of allylic oxidation sites excluding steroid dienone is 1. The SMILES string of the molecule is O=C(CC(/C=C/c1ccccc1)c1c[nH]c2ccccc12)c1ccc(Cl)cc1. The molecule has 28 heavy (non-hydrogen) atoms. The fourth-order valence-corrected chi connectivity index (χ4v) is 3.55. The highest BCUT2D eigenvalue weighted by Crippen LogP contribution is 2.31. The average molecular weight is 386 g/mol. The molecular formula is C25H20ClNO. The molecule has 0 spiro atoms. The zero-order chi connectivity index (χ0) is 19.3. The van der Waals surface area contributed by atoms with Gasteiger partial charge in [-0.25, -0.2) is 0 Å². The van der Waals surface area contributed by atoms with E-state index in [0.29, 0.717) is 17.0 Å². The van der Waals surface area contributed by atoms with Crippen molar-refractivity contribution in [3.8, 4) is 0 Å². The quantitative estimate of drug-likeness (QED) is 0.360. The molecule has 1 unspecified atom stereocenters. The molecule has 0 bridgehead atoms. The van der Waals surface area contributed by atoms with Gasteiger partial charge in [0.2, 0.25) is 0 Å². The molecule has 0 aliphatic carbocycles. The van der Waals surface area contributed by atoms with E-state index in [2.05, 4.69) is 41.4 Å². The van der Waals surface area contributed by atoms with Crippen molar-refractivity contribution >= 4 is 34.4 Å². The van der Waals surface area contributed by atoms with Crippen molar-refractivity contribution in [1.82, 2.24) is 4.98 Å². The number of benzene rings is 3. The van der Waals surface area contributed by atoms with Crippen LogP contribution in [0, 0.1) is 0 Å². The molecule has 0 aliphatic rings. The van der Waals surface area contributed by atoms with E-state index < -0.39 is 0 Å². The van der Waals surface area contributed by atoms with Crippen LogP contribution in [0.5, 0.6) is 0 Å². The number of hydrogen-bond acceptors (Lipinski definition) is 1. The van der Waals surface area contributed by atoms with Gasteiger partial charge in [0, 0.05) is 40.0 Å². The summed E-state index contributed by atoms with van der Waals surface area (Å²) >= 11 is 5.96. The van der Waals surface area contributed by atoms with Crippen molar-refractivity contribution in [2.24, 2.45) is 0 Å². The van der Waals surface area contributed by atoms with E-state index >= 15 is 0 Å². The van der Waals surface area contributed by atoms with Crippen LogP contribution in [0.25, 0.3) is 17.0 Å². The number of carbonyl (C=O) groups excluding carboxylic acids is 1. The Balaban J connectivity index is 1.67. The molecule has 0 saturated carbocycles. The molecule has 1 atom stereocenters. The Hall–Kier alpha value is -3.10. The highest BCUT2D eigenvalue weighted by molar-refractivity contribution is 6.30. The Morgan fingerprint density at radius 1 is 0.929 bits per heavy atom. The van der Waals surface area contributed by atoms with E-state index in [4.69, 9.17) is 11.6 Å². The Morgan fingerprint density at radius 2 is 1.64 bits per heavy atom. The summed E-state index contributed by atoms with van der Waals surface area (Å²) in [5.41, 5.74) is 4.01. The molecule has 0 aliphatic heterocycles. The molecule has 4 aromatic rings. The van der Waals surface area contributed by atoms with E-state index in [-0.39, 0.29) is 11.7 Å². The van der Waals surface area contributed by atoms with Crippen LogP contribution in [0.1, 0.15) is 33.8 Å². The lowest BCUT2D eigenvalue weighted by Gasteiger charge is -2.12. The van der Waals surface area contributed by atoms with Crippen LogP contribution in [-0.2, 0) is 0 Å². The predicted octanol–water partition coefficient (Wildman–Crippen LogP) is 6.89. The molecule has 1 heterocycles. The van der Waals surface area contributed by atoms with Gasteiger partial charge >= 0.3 is 0 Å². The third-order valence-corrected chi connectivity index (χ3v) is 5.16. The van der Waals surface area contributed by atoms with Crippen molar-refractivity contribution in [2.45, 2.75) is 12.3 Å². The van der Waals surface area contributed by atoms with Gasteiger partial charge in [0.1, 0.15) is 0 Å². The van der Waals surface area contributed by atoms with Crippen LogP contribution in [0.15, 0.2) is 91.1 Å². The molecule has 1 aromatic heterocycles. The monoisotopic (exact) mass is 385 g/mol. The second kappa shape index (κ2) is 8.28. The molecule has 138 valence electrons. The molecule has 3 heteroatoms. The van der Waals surface area contributed by atoms with Gasteiger partial charge in [-0.05, 0) is 41.5 Å². The first-order valence-electron chi connectivity index (χ1n) is 9.29. The first-order valence-corrected chi connectivity index (χ1v) is 9.66. The summed E-state index contributed by atoms with van der Waals surface area (Å²) < 4.78 is 0. The Bertz CT molecular complexity index is 1110. The van der Waals surface area contributed by atoms with Crippen molar-refractivity contribution in [2.75, 3.05) is 0 Å². The van der Waals surface area contributed by atoms with Gasteiger partial charge in [0.15, 0.2) is 5.78 Å². The maximum absolute atomic E-state index is 12.9. The number of H-pyrrole nitrogens is 1. The number of aromatic nitrogens is 1. The van der Waals surface area contributed by atoms with Crippen LogP contribution in [0.3, 0.4) is 0 Å². The largest absolute Gasteiger partial charge is 0.361 e. The number of hydrogen-bond donors (Lipinski definition) is 1. The molecule has 1 N–H and O–H groups in total. The molecule has 4 rings (SSSR count). The number of carbonyl (C=O) groups is 1. The van der Waals surface area contributed by atoms with E-state index in [1.807, 2.05) is 36.5 Å². The first kappa shape index (κ1) is 18.3. The van der Waals surface area contributed by atoms with Crippen molar-refractivity contribution in [3.63, 3.8) is 0 Å². The normalized spacial score (nSPS) is 12.5. The first-order chi connectivity index (χ1) is 13.7.